The average Bonchev–Trinajstić information content (AvgIpc) is 2.41. The number of alkyl halides is 2. The van der Waals surface area contributed by atoms with Crippen molar-refractivity contribution in [1.29, 1.82) is 0 Å². The van der Waals surface area contributed by atoms with E-state index in [0.29, 0.717) is 10.6 Å². The molecule has 1 unspecified atom stereocenters. The summed E-state index contributed by atoms with van der Waals surface area (Å²) in [4.78, 5) is 0. The Kier molecular flexibility index (Phi) is 4.81. The monoisotopic (exact) mass is 318 g/mol. The van der Waals surface area contributed by atoms with Crippen LogP contribution in [0.25, 0.3) is 0 Å². The van der Waals surface area contributed by atoms with Gasteiger partial charge in [0.25, 0.3) is 0 Å². The van der Waals surface area contributed by atoms with Gasteiger partial charge in [-0.1, -0.05) is 41.4 Å². The molecule has 0 saturated heterocycles. The second-order valence-corrected chi connectivity index (χ2v) is 4.83. The molecule has 20 heavy (non-hydrogen) atoms. The number of ether oxygens (including phenoxy) is 1. The Bertz CT molecular complexity index is 605. The van der Waals surface area contributed by atoms with Gasteiger partial charge in [-0.05, 0) is 24.3 Å². The lowest BCUT2D eigenvalue weighted by atomic mass is 10.0. The zero-order valence-electron chi connectivity index (χ0n) is 10.1. The Balaban J connectivity index is 2.42. The molecule has 2 aromatic carbocycles. The third kappa shape index (κ3) is 3.39. The van der Waals surface area contributed by atoms with Crippen LogP contribution in [0.15, 0.2) is 42.5 Å². The van der Waals surface area contributed by atoms with E-state index in [1.54, 1.807) is 12.1 Å². The van der Waals surface area contributed by atoms with Gasteiger partial charge in [-0.15, -0.1) is 0 Å². The maximum absolute atomic E-state index is 12.4. The highest BCUT2D eigenvalue weighted by Crippen LogP contribution is 2.35. The van der Waals surface area contributed by atoms with Gasteiger partial charge in [-0.2, -0.15) is 8.78 Å². The van der Waals surface area contributed by atoms with E-state index in [1.807, 2.05) is 0 Å². The number of benzene rings is 2. The number of rotatable bonds is 4. The molecule has 2 rings (SSSR count). The molecule has 0 fully saturated rings. The number of halogens is 4. The van der Waals surface area contributed by atoms with Crippen molar-refractivity contribution in [3.63, 3.8) is 0 Å². The number of aliphatic hydroxyl groups is 1. The summed E-state index contributed by atoms with van der Waals surface area (Å²) >= 11 is 11.8. The van der Waals surface area contributed by atoms with Crippen LogP contribution in [0.5, 0.6) is 5.75 Å². The fourth-order valence-corrected chi connectivity index (χ4v) is 2.20. The highest BCUT2D eigenvalue weighted by atomic mass is 35.5. The molecule has 2 nitrogen and oxygen atoms in total. The lowest BCUT2D eigenvalue weighted by Crippen LogP contribution is -2.08. The minimum absolute atomic E-state index is 0.106. The van der Waals surface area contributed by atoms with E-state index in [0.717, 1.165) is 0 Å². The number of hydrogen-bond acceptors (Lipinski definition) is 2. The van der Waals surface area contributed by atoms with Crippen LogP contribution in [0.3, 0.4) is 0 Å². The van der Waals surface area contributed by atoms with E-state index >= 15 is 0 Å². The Morgan fingerprint density at radius 1 is 1.00 bits per heavy atom. The summed E-state index contributed by atoms with van der Waals surface area (Å²) in [5.41, 5.74) is 0.515. The van der Waals surface area contributed by atoms with Crippen LogP contribution in [0.2, 0.25) is 10.0 Å². The van der Waals surface area contributed by atoms with Gasteiger partial charge in [-0.25, -0.2) is 0 Å². The third-order valence-corrected chi connectivity index (χ3v) is 3.26. The maximum atomic E-state index is 12.4. The van der Waals surface area contributed by atoms with Gasteiger partial charge >= 0.3 is 6.61 Å². The van der Waals surface area contributed by atoms with Crippen LogP contribution in [0.1, 0.15) is 17.2 Å². The molecule has 6 heteroatoms. The fourth-order valence-electron chi connectivity index (χ4n) is 1.80. The topological polar surface area (TPSA) is 29.5 Å². The van der Waals surface area contributed by atoms with Crippen LogP contribution < -0.4 is 4.74 Å². The summed E-state index contributed by atoms with van der Waals surface area (Å²) in [6.45, 7) is -2.97. The molecule has 0 aromatic heterocycles. The largest absolute Gasteiger partial charge is 0.434 e. The van der Waals surface area contributed by atoms with Gasteiger partial charge in [0.05, 0.1) is 0 Å². The first-order chi connectivity index (χ1) is 9.49. The highest BCUT2D eigenvalue weighted by Gasteiger charge is 2.20. The molecule has 0 spiro atoms. The van der Waals surface area contributed by atoms with E-state index in [4.69, 9.17) is 23.2 Å². The van der Waals surface area contributed by atoms with Crippen LogP contribution >= 0.6 is 23.2 Å². The third-order valence-electron chi connectivity index (χ3n) is 2.68. The summed E-state index contributed by atoms with van der Waals surface area (Å²) < 4.78 is 29.1. The van der Waals surface area contributed by atoms with E-state index in [-0.39, 0.29) is 16.3 Å². The van der Waals surface area contributed by atoms with Crippen molar-refractivity contribution in [2.75, 3.05) is 0 Å². The molecule has 0 amide bonds. The second-order valence-electron chi connectivity index (χ2n) is 3.98. The van der Waals surface area contributed by atoms with Crippen LogP contribution in [-0.2, 0) is 0 Å². The van der Waals surface area contributed by atoms with E-state index in [1.165, 1.54) is 30.3 Å². The van der Waals surface area contributed by atoms with Crippen molar-refractivity contribution in [2.24, 2.45) is 0 Å². The van der Waals surface area contributed by atoms with Crippen molar-refractivity contribution < 1.29 is 18.6 Å². The van der Waals surface area contributed by atoms with Crippen LogP contribution in [-0.4, -0.2) is 11.7 Å². The van der Waals surface area contributed by atoms with E-state index in [9.17, 15) is 13.9 Å². The normalized spacial score (nSPS) is 12.5. The van der Waals surface area contributed by atoms with E-state index < -0.39 is 12.7 Å². The zero-order valence-corrected chi connectivity index (χ0v) is 11.6. The molecule has 1 N–H and O–H groups in total. The molecule has 0 aliphatic heterocycles. The first-order valence-electron chi connectivity index (χ1n) is 5.66. The van der Waals surface area contributed by atoms with Gasteiger partial charge in [0.1, 0.15) is 11.9 Å². The Morgan fingerprint density at radius 3 is 2.40 bits per heavy atom. The van der Waals surface area contributed by atoms with Crippen molar-refractivity contribution in [3.05, 3.63) is 63.6 Å². The summed E-state index contributed by atoms with van der Waals surface area (Å²) in [6.07, 6.45) is -1.21. The molecule has 0 aliphatic rings. The lowest BCUT2D eigenvalue weighted by molar-refractivity contribution is -0.0512. The molecule has 0 heterocycles. The second kappa shape index (κ2) is 6.39. The molecule has 0 saturated carbocycles. The summed E-state index contributed by atoms with van der Waals surface area (Å²) in [6, 6.07) is 10.6. The number of aliphatic hydroxyl groups excluding tert-OH is 1. The van der Waals surface area contributed by atoms with Gasteiger partial charge in [0.15, 0.2) is 0 Å². The summed E-state index contributed by atoms with van der Waals surface area (Å²) in [5, 5.41) is 11.0. The highest BCUT2D eigenvalue weighted by molar-refractivity contribution is 6.33. The molecule has 0 radical (unpaired) electrons. The molecule has 1 atom stereocenters. The minimum Gasteiger partial charge on any atom is -0.434 e. The van der Waals surface area contributed by atoms with Gasteiger partial charge in [0.2, 0.25) is 0 Å². The molecule has 0 aliphatic carbocycles. The Hall–Kier alpha value is -1.36. The smallest absolute Gasteiger partial charge is 0.387 e. The minimum atomic E-state index is -2.97. The molecule has 0 bridgehead atoms. The van der Waals surface area contributed by atoms with Gasteiger partial charge in [-0.3, -0.25) is 0 Å². The van der Waals surface area contributed by atoms with Crippen molar-refractivity contribution in [1.82, 2.24) is 0 Å². The van der Waals surface area contributed by atoms with Crippen LogP contribution in [0, 0.1) is 0 Å². The Morgan fingerprint density at radius 2 is 1.70 bits per heavy atom. The molecular formula is C14H10Cl2F2O2. The number of hydrogen-bond donors (Lipinski definition) is 1. The molecule has 106 valence electrons. The lowest BCUT2D eigenvalue weighted by Gasteiger charge is -2.17. The van der Waals surface area contributed by atoms with Gasteiger partial charge < -0.3 is 9.84 Å². The zero-order chi connectivity index (χ0) is 14.7. The predicted molar refractivity (Wildman–Crippen MR) is 73.6 cm³/mol. The van der Waals surface area contributed by atoms with Gasteiger partial charge in [0, 0.05) is 21.2 Å². The first kappa shape index (κ1) is 15.0. The maximum Gasteiger partial charge on any atom is 0.387 e. The van der Waals surface area contributed by atoms with Crippen molar-refractivity contribution in [2.45, 2.75) is 12.7 Å². The first-order valence-corrected chi connectivity index (χ1v) is 6.41. The summed E-state index contributed by atoms with van der Waals surface area (Å²) in [7, 11) is 0. The fraction of sp³-hybridized carbons (Fsp3) is 0.143. The SMILES string of the molecule is OC(c1cc(Cl)ccc1Cl)c1ccccc1OC(F)F. The average molecular weight is 319 g/mol. The molecular weight excluding hydrogens is 309 g/mol. The van der Waals surface area contributed by atoms with Crippen molar-refractivity contribution >= 4 is 23.2 Å². The van der Waals surface area contributed by atoms with E-state index in [2.05, 4.69) is 4.74 Å². The van der Waals surface area contributed by atoms with Crippen molar-refractivity contribution in [3.8, 4) is 5.75 Å². The van der Waals surface area contributed by atoms with Crippen LogP contribution in [0.4, 0.5) is 8.78 Å². The summed E-state index contributed by atoms with van der Waals surface area (Å²) in [5.74, 6) is -0.106. The quantitative estimate of drug-likeness (QED) is 0.887. The standard InChI is InChI=1S/C14H10Cl2F2O2/c15-8-5-6-11(16)10(7-8)13(19)9-3-1-2-4-12(9)20-14(17)18/h1-7,13-14,19H. The predicted octanol–water partition coefficient (Wildman–Crippen LogP) is 4.68. The Labute approximate surface area is 124 Å². The molecule has 2 aromatic rings. The number of para-hydroxylation sites is 1.